The van der Waals surface area contributed by atoms with E-state index in [1.54, 1.807) is 4.90 Å². The third kappa shape index (κ3) is 2.61. The minimum absolute atomic E-state index is 0.129. The van der Waals surface area contributed by atoms with Crippen molar-refractivity contribution < 1.29 is 13.6 Å². The lowest BCUT2D eigenvalue weighted by atomic mass is 10.0. The molecule has 0 radical (unpaired) electrons. The van der Waals surface area contributed by atoms with Gasteiger partial charge in [0.05, 0.1) is 0 Å². The summed E-state index contributed by atoms with van der Waals surface area (Å²) in [5.41, 5.74) is 5.91. The number of benzene rings is 1. The predicted molar refractivity (Wildman–Crippen MR) is 59.5 cm³/mol. The van der Waals surface area contributed by atoms with Gasteiger partial charge in [0, 0.05) is 24.7 Å². The minimum atomic E-state index is -0.996. The molecule has 1 fully saturated rings. The number of nitrogens with zero attached hydrogens (tertiary/aromatic N) is 1. The lowest BCUT2D eigenvalue weighted by Crippen LogP contribution is -2.42. The molecule has 1 aliphatic heterocycles. The van der Waals surface area contributed by atoms with Crippen LogP contribution in [0.15, 0.2) is 18.2 Å². The fourth-order valence-electron chi connectivity index (χ4n) is 1.91. The third-order valence-corrected chi connectivity index (χ3v) is 2.99. The van der Waals surface area contributed by atoms with Gasteiger partial charge in [0.1, 0.15) is 0 Å². The molecule has 1 aliphatic rings. The molecular formula is C12H14F2N2O. The molecule has 17 heavy (non-hydrogen) atoms. The van der Waals surface area contributed by atoms with Crippen molar-refractivity contribution in [3.05, 3.63) is 35.4 Å². The zero-order chi connectivity index (χ0) is 12.4. The Hall–Kier alpha value is -1.49. The summed E-state index contributed by atoms with van der Waals surface area (Å²) in [5.74, 6) is -2.21. The fraction of sp³-hybridized carbons (Fsp3) is 0.417. The molecule has 1 heterocycles. The van der Waals surface area contributed by atoms with Crippen molar-refractivity contribution in [3.63, 3.8) is 0 Å². The Labute approximate surface area is 98.2 Å². The van der Waals surface area contributed by atoms with E-state index in [1.807, 2.05) is 0 Å². The van der Waals surface area contributed by atoms with Crippen molar-refractivity contribution in [2.24, 2.45) is 5.73 Å². The van der Waals surface area contributed by atoms with Crippen LogP contribution < -0.4 is 5.73 Å². The van der Waals surface area contributed by atoms with Crippen LogP contribution in [0.5, 0.6) is 0 Å². The van der Waals surface area contributed by atoms with Gasteiger partial charge in [-0.1, -0.05) is 0 Å². The van der Waals surface area contributed by atoms with E-state index >= 15 is 0 Å². The zero-order valence-electron chi connectivity index (χ0n) is 9.33. The highest BCUT2D eigenvalue weighted by Gasteiger charge is 2.22. The van der Waals surface area contributed by atoms with Crippen LogP contribution in [0.3, 0.4) is 0 Å². The number of piperidine rings is 1. The number of carbonyl (C=O) groups is 1. The van der Waals surface area contributed by atoms with Crippen LogP contribution in [0.2, 0.25) is 0 Å². The van der Waals surface area contributed by atoms with Gasteiger partial charge in [0.15, 0.2) is 11.6 Å². The van der Waals surface area contributed by atoms with Crippen LogP contribution in [-0.2, 0) is 0 Å². The predicted octanol–water partition coefficient (Wildman–Crippen LogP) is 1.53. The van der Waals surface area contributed by atoms with Crippen molar-refractivity contribution in [3.8, 4) is 0 Å². The number of likely N-dealkylation sites (tertiary alicyclic amines) is 1. The molecule has 2 N–H and O–H groups in total. The Bertz CT molecular complexity index is 429. The molecule has 1 saturated heterocycles. The van der Waals surface area contributed by atoms with Gasteiger partial charge in [-0.05, 0) is 31.0 Å². The van der Waals surface area contributed by atoms with Gasteiger partial charge < -0.3 is 10.6 Å². The second-order valence-corrected chi connectivity index (χ2v) is 4.26. The normalized spacial score (nSPS) is 17.2. The van der Waals surface area contributed by atoms with Crippen LogP contribution in [0.25, 0.3) is 0 Å². The van der Waals surface area contributed by atoms with E-state index in [9.17, 15) is 13.6 Å². The maximum absolute atomic E-state index is 13.0. The van der Waals surface area contributed by atoms with Crippen LogP contribution in [0, 0.1) is 11.6 Å². The van der Waals surface area contributed by atoms with E-state index in [4.69, 9.17) is 5.73 Å². The van der Waals surface area contributed by atoms with Gasteiger partial charge in [-0.25, -0.2) is 8.78 Å². The molecule has 0 aliphatic carbocycles. The molecule has 0 spiro atoms. The summed E-state index contributed by atoms with van der Waals surface area (Å²) >= 11 is 0. The Morgan fingerprint density at radius 1 is 1.24 bits per heavy atom. The molecule has 0 saturated carbocycles. The Morgan fingerprint density at radius 3 is 2.47 bits per heavy atom. The number of hydrogen-bond donors (Lipinski definition) is 1. The quantitative estimate of drug-likeness (QED) is 0.809. The molecule has 2 rings (SSSR count). The monoisotopic (exact) mass is 240 g/mol. The van der Waals surface area contributed by atoms with Crippen molar-refractivity contribution in [2.75, 3.05) is 13.1 Å². The van der Waals surface area contributed by atoms with Gasteiger partial charge >= 0.3 is 0 Å². The van der Waals surface area contributed by atoms with Crippen LogP contribution >= 0.6 is 0 Å². The number of rotatable bonds is 1. The summed E-state index contributed by atoms with van der Waals surface area (Å²) in [6.07, 6.45) is 1.49. The lowest BCUT2D eigenvalue weighted by Gasteiger charge is -2.30. The molecule has 0 aromatic heterocycles. The van der Waals surface area contributed by atoms with Crippen molar-refractivity contribution in [1.29, 1.82) is 0 Å². The van der Waals surface area contributed by atoms with E-state index in [2.05, 4.69) is 0 Å². The van der Waals surface area contributed by atoms with Crippen molar-refractivity contribution in [2.45, 2.75) is 18.9 Å². The first-order valence-electron chi connectivity index (χ1n) is 5.58. The van der Waals surface area contributed by atoms with Gasteiger partial charge in [-0.3, -0.25) is 4.79 Å². The highest BCUT2D eigenvalue weighted by atomic mass is 19.2. The molecule has 5 heteroatoms. The summed E-state index contributed by atoms with van der Waals surface area (Å²) in [5, 5.41) is 0. The highest BCUT2D eigenvalue weighted by molar-refractivity contribution is 5.94. The average molecular weight is 240 g/mol. The maximum atomic E-state index is 13.0. The number of halogens is 2. The van der Waals surface area contributed by atoms with E-state index in [0.717, 1.165) is 25.0 Å². The first-order valence-corrected chi connectivity index (χ1v) is 5.58. The smallest absolute Gasteiger partial charge is 0.253 e. The van der Waals surface area contributed by atoms with Gasteiger partial charge in [0.25, 0.3) is 5.91 Å². The van der Waals surface area contributed by atoms with E-state index in [0.29, 0.717) is 13.1 Å². The summed E-state index contributed by atoms with van der Waals surface area (Å²) in [6.45, 7) is 1.14. The number of nitrogens with two attached hydrogens (primary N) is 1. The topological polar surface area (TPSA) is 46.3 Å². The fourth-order valence-corrected chi connectivity index (χ4v) is 1.91. The lowest BCUT2D eigenvalue weighted by molar-refractivity contribution is 0.0714. The Kier molecular flexibility index (Phi) is 3.38. The van der Waals surface area contributed by atoms with E-state index in [-0.39, 0.29) is 17.5 Å². The molecule has 1 aromatic carbocycles. The van der Waals surface area contributed by atoms with Crippen LogP contribution in [-0.4, -0.2) is 29.9 Å². The SMILES string of the molecule is NC1CCN(C(=O)c2ccc(F)c(F)c2)CC1. The summed E-state index contributed by atoms with van der Waals surface area (Å²) in [4.78, 5) is 13.6. The second kappa shape index (κ2) is 4.79. The maximum Gasteiger partial charge on any atom is 0.253 e. The molecule has 1 amide bonds. The number of hydrogen-bond acceptors (Lipinski definition) is 2. The summed E-state index contributed by atoms with van der Waals surface area (Å²) in [7, 11) is 0. The van der Waals surface area contributed by atoms with Gasteiger partial charge in [-0.15, -0.1) is 0 Å². The summed E-state index contributed by atoms with van der Waals surface area (Å²) in [6, 6.07) is 3.34. The van der Waals surface area contributed by atoms with Crippen LogP contribution in [0.4, 0.5) is 8.78 Å². The number of amides is 1. The molecule has 1 aromatic rings. The first-order chi connectivity index (χ1) is 8.08. The Balaban J connectivity index is 2.11. The zero-order valence-corrected chi connectivity index (χ0v) is 9.33. The van der Waals surface area contributed by atoms with Gasteiger partial charge in [0.2, 0.25) is 0 Å². The van der Waals surface area contributed by atoms with Crippen LogP contribution in [0.1, 0.15) is 23.2 Å². The van der Waals surface area contributed by atoms with Crippen molar-refractivity contribution >= 4 is 5.91 Å². The van der Waals surface area contributed by atoms with E-state index < -0.39 is 11.6 Å². The molecule has 0 atom stereocenters. The van der Waals surface area contributed by atoms with E-state index in [1.165, 1.54) is 6.07 Å². The highest BCUT2D eigenvalue weighted by Crippen LogP contribution is 2.15. The largest absolute Gasteiger partial charge is 0.339 e. The summed E-state index contributed by atoms with van der Waals surface area (Å²) < 4.78 is 25.7. The minimum Gasteiger partial charge on any atom is -0.339 e. The molecule has 3 nitrogen and oxygen atoms in total. The number of carbonyl (C=O) groups excluding carboxylic acids is 1. The Morgan fingerprint density at radius 2 is 1.88 bits per heavy atom. The second-order valence-electron chi connectivity index (χ2n) is 4.26. The van der Waals surface area contributed by atoms with Crippen molar-refractivity contribution in [1.82, 2.24) is 4.90 Å². The third-order valence-electron chi connectivity index (χ3n) is 2.99. The molecular weight excluding hydrogens is 226 g/mol. The standard InChI is InChI=1S/C12H14F2N2O/c13-10-2-1-8(7-11(10)14)12(17)16-5-3-9(15)4-6-16/h1-2,7,9H,3-6,15H2. The average Bonchev–Trinajstić information content (AvgIpc) is 2.33. The molecule has 92 valence electrons. The molecule has 0 bridgehead atoms. The van der Waals surface area contributed by atoms with Gasteiger partial charge in [-0.2, -0.15) is 0 Å². The first kappa shape index (κ1) is 12.0. The molecule has 0 unspecified atom stereocenters.